The minimum atomic E-state index is 0.0587. The van der Waals surface area contributed by atoms with Gasteiger partial charge in [0.25, 0.3) is 0 Å². The van der Waals surface area contributed by atoms with E-state index in [4.69, 9.17) is 10.5 Å². The summed E-state index contributed by atoms with van der Waals surface area (Å²) in [5, 5.41) is 4.40. The lowest BCUT2D eigenvalue weighted by atomic mass is 9.83. The van der Waals surface area contributed by atoms with Crippen molar-refractivity contribution in [1.82, 2.24) is 14.7 Å². The van der Waals surface area contributed by atoms with Crippen molar-refractivity contribution in [1.29, 1.82) is 0 Å². The summed E-state index contributed by atoms with van der Waals surface area (Å²) in [6.07, 6.45) is 9.04. The normalized spacial score (nSPS) is 24.9. The van der Waals surface area contributed by atoms with Crippen molar-refractivity contribution in [2.45, 2.75) is 50.7 Å². The summed E-state index contributed by atoms with van der Waals surface area (Å²) in [7, 11) is 0. The monoisotopic (exact) mass is 278 g/mol. The van der Waals surface area contributed by atoms with E-state index in [9.17, 15) is 0 Å². The number of rotatable bonds is 4. The third kappa shape index (κ3) is 2.38. The van der Waals surface area contributed by atoms with Gasteiger partial charge in [0.05, 0.1) is 25.5 Å². The lowest BCUT2D eigenvalue weighted by molar-refractivity contribution is -0.0311. The zero-order valence-electron chi connectivity index (χ0n) is 12.4. The molecule has 5 heteroatoms. The topological polar surface area (TPSA) is 56.3 Å². The van der Waals surface area contributed by atoms with E-state index >= 15 is 0 Å². The average molecular weight is 278 g/mol. The van der Waals surface area contributed by atoms with Crippen molar-refractivity contribution in [3.05, 3.63) is 18.0 Å². The molecule has 0 radical (unpaired) electrons. The molecule has 2 fully saturated rings. The summed E-state index contributed by atoms with van der Waals surface area (Å²) in [5.74, 6) is 0. The summed E-state index contributed by atoms with van der Waals surface area (Å²) in [6, 6.07) is 0.0587. The van der Waals surface area contributed by atoms with Crippen molar-refractivity contribution in [2.24, 2.45) is 5.73 Å². The van der Waals surface area contributed by atoms with Crippen LogP contribution in [0.2, 0.25) is 0 Å². The maximum Gasteiger partial charge on any atom is 0.0594 e. The van der Waals surface area contributed by atoms with Crippen LogP contribution >= 0.6 is 0 Å². The highest BCUT2D eigenvalue weighted by molar-refractivity contribution is 5.19. The lowest BCUT2D eigenvalue weighted by Crippen LogP contribution is -2.57. The van der Waals surface area contributed by atoms with Gasteiger partial charge in [-0.2, -0.15) is 5.10 Å². The maximum atomic E-state index is 6.70. The maximum absolute atomic E-state index is 6.70. The van der Waals surface area contributed by atoms with Gasteiger partial charge in [-0.25, -0.2) is 0 Å². The van der Waals surface area contributed by atoms with Gasteiger partial charge < -0.3 is 10.5 Å². The SMILES string of the molecule is CCn1cc(C(N)C2(N3CCOCC3)CCCC2)cn1. The zero-order valence-corrected chi connectivity index (χ0v) is 12.4. The molecule has 1 saturated carbocycles. The first-order valence-electron chi connectivity index (χ1n) is 7.87. The van der Waals surface area contributed by atoms with Gasteiger partial charge in [-0.1, -0.05) is 12.8 Å². The smallest absolute Gasteiger partial charge is 0.0594 e. The molecule has 1 aliphatic heterocycles. The molecule has 0 amide bonds. The molecule has 0 spiro atoms. The van der Waals surface area contributed by atoms with Crippen LogP contribution in [0.1, 0.15) is 44.2 Å². The Bertz CT molecular complexity index is 433. The number of aromatic nitrogens is 2. The molecular weight excluding hydrogens is 252 g/mol. The molecule has 2 N–H and O–H groups in total. The van der Waals surface area contributed by atoms with Gasteiger partial charge in [0.15, 0.2) is 0 Å². The van der Waals surface area contributed by atoms with Crippen LogP contribution in [-0.2, 0) is 11.3 Å². The Labute approximate surface area is 121 Å². The minimum Gasteiger partial charge on any atom is -0.379 e. The highest BCUT2D eigenvalue weighted by Gasteiger charge is 2.45. The Hall–Kier alpha value is -0.910. The number of hydrogen-bond donors (Lipinski definition) is 1. The molecular formula is C15H26N4O. The Morgan fingerprint density at radius 2 is 2.05 bits per heavy atom. The number of hydrogen-bond acceptors (Lipinski definition) is 4. The van der Waals surface area contributed by atoms with E-state index < -0.39 is 0 Å². The summed E-state index contributed by atoms with van der Waals surface area (Å²) in [5.41, 5.74) is 8.00. The second-order valence-electron chi connectivity index (χ2n) is 6.02. The quantitative estimate of drug-likeness (QED) is 0.908. The Kier molecular flexibility index (Phi) is 4.10. The van der Waals surface area contributed by atoms with Crippen molar-refractivity contribution >= 4 is 0 Å². The van der Waals surface area contributed by atoms with Gasteiger partial charge in [-0.15, -0.1) is 0 Å². The van der Waals surface area contributed by atoms with Crippen LogP contribution in [0.25, 0.3) is 0 Å². The largest absolute Gasteiger partial charge is 0.379 e. The fraction of sp³-hybridized carbons (Fsp3) is 0.800. The van der Waals surface area contributed by atoms with E-state index in [0.29, 0.717) is 0 Å². The number of ether oxygens (including phenoxy) is 1. The van der Waals surface area contributed by atoms with Crippen LogP contribution in [0.4, 0.5) is 0 Å². The fourth-order valence-corrected chi connectivity index (χ4v) is 3.84. The zero-order chi connectivity index (χ0) is 14.0. The molecule has 1 aromatic rings. The number of morpholine rings is 1. The van der Waals surface area contributed by atoms with Crippen LogP contribution in [0.15, 0.2) is 12.4 Å². The molecule has 0 bridgehead atoms. The number of nitrogens with zero attached hydrogens (tertiary/aromatic N) is 3. The fourth-order valence-electron chi connectivity index (χ4n) is 3.84. The first kappa shape index (κ1) is 14.0. The van der Waals surface area contributed by atoms with E-state index in [0.717, 1.165) is 32.8 Å². The van der Waals surface area contributed by atoms with Crippen LogP contribution < -0.4 is 5.73 Å². The molecule has 3 rings (SSSR count). The summed E-state index contributed by atoms with van der Waals surface area (Å²) >= 11 is 0. The van der Waals surface area contributed by atoms with Gasteiger partial charge in [-0.3, -0.25) is 9.58 Å². The Morgan fingerprint density at radius 1 is 1.35 bits per heavy atom. The summed E-state index contributed by atoms with van der Waals surface area (Å²) in [6.45, 7) is 6.70. The Morgan fingerprint density at radius 3 is 2.65 bits per heavy atom. The number of aryl methyl sites for hydroxylation is 1. The van der Waals surface area contributed by atoms with E-state index in [1.54, 1.807) is 0 Å². The van der Waals surface area contributed by atoms with Gasteiger partial charge in [0, 0.05) is 36.9 Å². The van der Waals surface area contributed by atoms with Gasteiger partial charge in [-0.05, 0) is 19.8 Å². The van der Waals surface area contributed by atoms with Gasteiger partial charge >= 0.3 is 0 Å². The predicted molar refractivity (Wildman–Crippen MR) is 78.4 cm³/mol. The third-order valence-corrected chi connectivity index (χ3v) is 5.03. The molecule has 1 atom stereocenters. The van der Waals surface area contributed by atoms with Crippen molar-refractivity contribution in [3.63, 3.8) is 0 Å². The van der Waals surface area contributed by atoms with E-state index in [1.807, 2.05) is 10.9 Å². The third-order valence-electron chi connectivity index (χ3n) is 5.03. The molecule has 2 aliphatic rings. The van der Waals surface area contributed by atoms with E-state index in [1.165, 1.54) is 31.2 Å². The minimum absolute atomic E-state index is 0.0587. The highest BCUT2D eigenvalue weighted by Crippen LogP contribution is 2.43. The highest BCUT2D eigenvalue weighted by atomic mass is 16.5. The summed E-state index contributed by atoms with van der Waals surface area (Å²) in [4.78, 5) is 2.58. The van der Waals surface area contributed by atoms with Crippen LogP contribution in [0.5, 0.6) is 0 Å². The first-order chi connectivity index (χ1) is 9.76. The molecule has 0 aromatic carbocycles. The van der Waals surface area contributed by atoms with Crippen molar-refractivity contribution in [2.75, 3.05) is 26.3 Å². The average Bonchev–Trinajstić information content (AvgIpc) is 3.17. The van der Waals surface area contributed by atoms with Crippen molar-refractivity contribution < 1.29 is 4.74 Å². The first-order valence-corrected chi connectivity index (χ1v) is 7.87. The van der Waals surface area contributed by atoms with Gasteiger partial charge in [0.1, 0.15) is 0 Å². The van der Waals surface area contributed by atoms with Crippen LogP contribution in [0, 0.1) is 0 Å². The van der Waals surface area contributed by atoms with Crippen LogP contribution in [0.3, 0.4) is 0 Å². The van der Waals surface area contributed by atoms with Gasteiger partial charge in [0.2, 0.25) is 0 Å². The van der Waals surface area contributed by atoms with Crippen LogP contribution in [-0.4, -0.2) is 46.5 Å². The Balaban J connectivity index is 1.85. The number of nitrogens with two attached hydrogens (primary N) is 1. The predicted octanol–water partition coefficient (Wildman–Crippen LogP) is 1.55. The summed E-state index contributed by atoms with van der Waals surface area (Å²) < 4.78 is 7.48. The van der Waals surface area contributed by atoms with E-state index in [-0.39, 0.29) is 11.6 Å². The molecule has 112 valence electrons. The molecule has 1 unspecified atom stereocenters. The molecule has 1 aliphatic carbocycles. The standard InChI is InChI=1S/C15H26N4O/c1-2-19-12-13(11-17-19)14(16)15(5-3-4-6-15)18-7-9-20-10-8-18/h11-12,14H,2-10,16H2,1H3. The molecule has 1 aromatic heterocycles. The van der Waals surface area contributed by atoms with E-state index in [2.05, 4.69) is 23.1 Å². The lowest BCUT2D eigenvalue weighted by Gasteiger charge is -2.46. The second-order valence-corrected chi connectivity index (χ2v) is 6.02. The molecule has 1 saturated heterocycles. The molecule has 2 heterocycles. The van der Waals surface area contributed by atoms with Crippen molar-refractivity contribution in [3.8, 4) is 0 Å². The molecule has 20 heavy (non-hydrogen) atoms. The second kappa shape index (κ2) is 5.84. The molecule has 5 nitrogen and oxygen atoms in total.